The van der Waals surface area contributed by atoms with Gasteiger partial charge in [-0.05, 0) is 41.2 Å². The number of carbonyl (C=O) groups excluding carboxylic acids is 1. The van der Waals surface area contributed by atoms with Crippen LogP contribution >= 0.6 is 0 Å². The van der Waals surface area contributed by atoms with Crippen LogP contribution in [0.1, 0.15) is 37.5 Å². The lowest BCUT2D eigenvalue weighted by Crippen LogP contribution is -2.48. The van der Waals surface area contributed by atoms with Crippen molar-refractivity contribution in [3.05, 3.63) is 71.8 Å². The highest BCUT2D eigenvalue weighted by molar-refractivity contribution is 5.98. The van der Waals surface area contributed by atoms with Crippen molar-refractivity contribution in [3.8, 4) is 5.75 Å². The Hall–Kier alpha value is -3.28. The van der Waals surface area contributed by atoms with Gasteiger partial charge in [0.15, 0.2) is 0 Å². The fourth-order valence-electron chi connectivity index (χ4n) is 3.49. The highest BCUT2D eigenvalue weighted by Gasteiger charge is 2.27. The number of anilines is 1. The Balaban J connectivity index is 2.33. The van der Waals surface area contributed by atoms with Crippen LogP contribution in [-0.2, 0) is 23.1 Å². The molecular formula is C25H32N2O4. The second-order valence-electron chi connectivity index (χ2n) is 8.55. The monoisotopic (exact) mass is 424 g/mol. The second kappa shape index (κ2) is 10.2. The summed E-state index contributed by atoms with van der Waals surface area (Å²) in [5, 5.41) is 11.7. The fourth-order valence-corrected chi connectivity index (χ4v) is 3.49. The number of carboxylic acid groups (broad SMARTS) is 1. The number of hydrogen-bond acceptors (Lipinski definition) is 3. The van der Waals surface area contributed by atoms with Gasteiger partial charge in [-0.1, -0.05) is 51.1 Å². The predicted octanol–water partition coefficient (Wildman–Crippen LogP) is 4.56. The molecule has 0 saturated heterocycles. The molecule has 0 saturated carbocycles. The Kier molecular flexibility index (Phi) is 7.86. The summed E-state index contributed by atoms with van der Waals surface area (Å²) >= 11 is 0. The van der Waals surface area contributed by atoms with E-state index in [9.17, 15) is 14.7 Å². The molecule has 2 N–H and O–H groups in total. The number of rotatable bonds is 8. The van der Waals surface area contributed by atoms with Crippen molar-refractivity contribution >= 4 is 17.7 Å². The molecule has 0 radical (unpaired) electrons. The molecule has 2 aromatic rings. The number of methoxy groups -OCH3 is 1. The molecule has 1 atom stereocenters. The fraction of sp³-hybridized carbons (Fsp3) is 0.360. The lowest BCUT2D eigenvalue weighted by molar-refractivity contribution is -0.120. The molecule has 31 heavy (non-hydrogen) atoms. The van der Waals surface area contributed by atoms with Gasteiger partial charge in [-0.15, -0.1) is 6.58 Å². The van der Waals surface area contributed by atoms with Crippen LogP contribution in [0.15, 0.2) is 55.1 Å². The summed E-state index contributed by atoms with van der Waals surface area (Å²) in [5.41, 5.74) is 3.40. The van der Waals surface area contributed by atoms with E-state index in [1.807, 2.05) is 42.5 Å². The third-order valence-corrected chi connectivity index (χ3v) is 5.12. The van der Waals surface area contributed by atoms with E-state index >= 15 is 0 Å². The molecule has 1 unspecified atom stereocenters. The van der Waals surface area contributed by atoms with E-state index in [1.165, 1.54) is 4.90 Å². The lowest BCUT2D eigenvalue weighted by Gasteiger charge is -2.27. The quantitative estimate of drug-likeness (QED) is 0.609. The lowest BCUT2D eigenvalue weighted by atomic mass is 9.86. The van der Waals surface area contributed by atoms with Gasteiger partial charge >= 0.3 is 6.09 Å². The SMILES string of the molecule is C=CCc1cccc(CC(NC(=O)O)C(=O)N(C)c2ccc(OC)c(C(C)(C)C)c2)c1. The average molecular weight is 425 g/mol. The van der Waals surface area contributed by atoms with Crippen LogP contribution in [0, 0.1) is 0 Å². The van der Waals surface area contributed by atoms with Crippen LogP contribution in [0.5, 0.6) is 5.75 Å². The summed E-state index contributed by atoms with van der Waals surface area (Å²) in [6.07, 6.45) is 1.53. The van der Waals surface area contributed by atoms with Crippen molar-refractivity contribution in [1.82, 2.24) is 5.32 Å². The second-order valence-corrected chi connectivity index (χ2v) is 8.55. The zero-order valence-electron chi connectivity index (χ0n) is 18.9. The zero-order valence-corrected chi connectivity index (χ0v) is 18.9. The summed E-state index contributed by atoms with van der Waals surface area (Å²) in [7, 11) is 3.27. The van der Waals surface area contributed by atoms with Crippen molar-refractivity contribution in [2.45, 2.75) is 45.1 Å². The first-order chi connectivity index (χ1) is 14.6. The molecule has 2 rings (SSSR count). The predicted molar refractivity (Wildman–Crippen MR) is 124 cm³/mol. The summed E-state index contributed by atoms with van der Waals surface area (Å²) < 4.78 is 5.48. The number of carbonyl (C=O) groups is 2. The molecule has 166 valence electrons. The van der Waals surface area contributed by atoms with E-state index < -0.39 is 12.1 Å². The van der Waals surface area contributed by atoms with E-state index in [1.54, 1.807) is 20.2 Å². The van der Waals surface area contributed by atoms with Gasteiger partial charge in [-0.3, -0.25) is 4.79 Å². The normalized spacial score (nSPS) is 12.0. The summed E-state index contributed by atoms with van der Waals surface area (Å²) in [5.74, 6) is 0.415. The molecule has 0 aliphatic rings. The van der Waals surface area contributed by atoms with Crippen LogP contribution in [0.25, 0.3) is 0 Å². The maximum Gasteiger partial charge on any atom is 0.405 e. The Morgan fingerprint density at radius 3 is 2.45 bits per heavy atom. The minimum absolute atomic E-state index is 0.185. The zero-order chi connectivity index (χ0) is 23.2. The van der Waals surface area contributed by atoms with Gasteiger partial charge in [-0.2, -0.15) is 0 Å². The maximum absolute atomic E-state index is 13.3. The highest BCUT2D eigenvalue weighted by Crippen LogP contribution is 2.34. The first kappa shape index (κ1) is 24.0. The molecule has 2 amide bonds. The van der Waals surface area contributed by atoms with Crippen molar-refractivity contribution in [2.75, 3.05) is 19.1 Å². The standard InChI is InChI=1S/C25H32N2O4/c1-7-9-17-10-8-11-18(14-17)15-21(26-24(29)30)23(28)27(5)19-12-13-22(31-6)20(16-19)25(2,3)4/h7-8,10-14,16,21,26H,1,9,15H2,2-6H3,(H,29,30). The number of ether oxygens (including phenoxy) is 1. The Labute approximate surface area is 184 Å². The Morgan fingerprint density at radius 1 is 1.19 bits per heavy atom. The third kappa shape index (κ3) is 6.35. The average Bonchev–Trinajstić information content (AvgIpc) is 2.71. The minimum atomic E-state index is -1.24. The van der Waals surface area contributed by atoms with E-state index in [-0.39, 0.29) is 17.7 Å². The van der Waals surface area contributed by atoms with Gasteiger partial charge in [0.2, 0.25) is 5.91 Å². The summed E-state index contributed by atoms with van der Waals surface area (Å²) in [6, 6.07) is 12.4. The molecule has 6 nitrogen and oxygen atoms in total. The molecule has 0 fully saturated rings. The molecule has 0 aliphatic carbocycles. The van der Waals surface area contributed by atoms with Crippen LogP contribution in [0.3, 0.4) is 0 Å². The van der Waals surface area contributed by atoms with Crippen molar-refractivity contribution < 1.29 is 19.4 Å². The number of hydrogen-bond donors (Lipinski definition) is 2. The number of benzene rings is 2. The van der Waals surface area contributed by atoms with Crippen LogP contribution in [-0.4, -0.2) is 37.3 Å². The molecule has 0 bridgehead atoms. The molecule has 0 aromatic heterocycles. The number of allylic oxidation sites excluding steroid dienone is 1. The van der Waals surface area contributed by atoms with Gasteiger partial charge in [0.05, 0.1) is 7.11 Å². The van der Waals surface area contributed by atoms with Crippen LogP contribution in [0.4, 0.5) is 10.5 Å². The van der Waals surface area contributed by atoms with E-state index in [0.29, 0.717) is 12.1 Å². The maximum atomic E-state index is 13.3. The summed E-state index contributed by atoms with van der Waals surface area (Å²) in [6.45, 7) is 9.96. The summed E-state index contributed by atoms with van der Waals surface area (Å²) in [4.78, 5) is 26.1. The Bertz CT molecular complexity index is 947. The Morgan fingerprint density at radius 2 is 1.87 bits per heavy atom. The van der Waals surface area contributed by atoms with Crippen molar-refractivity contribution in [2.24, 2.45) is 0 Å². The number of nitrogens with one attached hydrogen (secondary N) is 1. The van der Waals surface area contributed by atoms with Gasteiger partial charge in [0.25, 0.3) is 0 Å². The van der Waals surface area contributed by atoms with Crippen LogP contribution < -0.4 is 15.0 Å². The van der Waals surface area contributed by atoms with Gasteiger partial charge in [0, 0.05) is 24.7 Å². The van der Waals surface area contributed by atoms with E-state index in [2.05, 4.69) is 32.7 Å². The number of amides is 2. The van der Waals surface area contributed by atoms with Crippen LogP contribution in [0.2, 0.25) is 0 Å². The topological polar surface area (TPSA) is 78.9 Å². The number of nitrogens with zero attached hydrogens (tertiary/aromatic N) is 1. The van der Waals surface area contributed by atoms with Crippen molar-refractivity contribution in [3.63, 3.8) is 0 Å². The molecular weight excluding hydrogens is 392 g/mol. The largest absolute Gasteiger partial charge is 0.496 e. The minimum Gasteiger partial charge on any atom is -0.496 e. The number of likely N-dealkylation sites (N-methyl/N-ethyl adjacent to an activating group) is 1. The molecule has 0 aliphatic heterocycles. The van der Waals surface area contributed by atoms with E-state index in [4.69, 9.17) is 4.74 Å². The molecule has 2 aromatic carbocycles. The van der Waals surface area contributed by atoms with Gasteiger partial charge < -0.3 is 20.1 Å². The highest BCUT2D eigenvalue weighted by atomic mass is 16.5. The van der Waals surface area contributed by atoms with Gasteiger partial charge in [0.1, 0.15) is 11.8 Å². The molecule has 0 heterocycles. The van der Waals surface area contributed by atoms with Gasteiger partial charge in [-0.25, -0.2) is 4.79 Å². The van der Waals surface area contributed by atoms with Crippen molar-refractivity contribution in [1.29, 1.82) is 0 Å². The smallest absolute Gasteiger partial charge is 0.405 e. The molecule has 0 spiro atoms. The first-order valence-corrected chi connectivity index (χ1v) is 10.2. The third-order valence-electron chi connectivity index (χ3n) is 5.12. The molecule has 6 heteroatoms. The first-order valence-electron chi connectivity index (χ1n) is 10.2. The van der Waals surface area contributed by atoms with E-state index in [0.717, 1.165) is 22.4 Å².